The van der Waals surface area contributed by atoms with E-state index in [2.05, 4.69) is 27.9 Å². The first kappa shape index (κ1) is 23.3. The molecule has 7 heteroatoms. The van der Waals surface area contributed by atoms with Crippen molar-refractivity contribution >= 4 is 23.1 Å². The molecule has 4 rings (SSSR count). The second-order valence-corrected chi connectivity index (χ2v) is 9.69. The lowest BCUT2D eigenvalue weighted by molar-refractivity contribution is 0.161. The molecule has 1 atom stereocenters. The van der Waals surface area contributed by atoms with Crippen LogP contribution in [0.15, 0.2) is 30.5 Å². The summed E-state index contributed by atoms with van der Waals surface area (Å²) in [6.45, 7) is 3.82. The van der Waals surface area contributed by atoms with Crippen LogP contribution in [0.4, 0.5) is 15.9 Å². The summed E-state index contributed by atoms with van der Waals surface area (Å²) in [5, 5.41) is 11.0. The molecule has 5 nitrogen and oxygen atoms in total. The topological polar surface area (TPSA) is 58.2 Å². The van der Waals surface area contributed by atoms with Gasteiger partial charge in [-0.05, 0) is 75.6 Å². The quantitative estimate of drug-likeness (QED) is 0.424. The molecule has 2 aromatic rings. The van der Waals surface area contributed by atoms with E-state index in [-0.39, 0.29) is 5.82 Å². The third-order valence-corrected chi connectivity index (χ3v) is 6.72. The molecule has 2 fully saturated rings. The number of hydrogen-bond donors (Lipinski definition) is 3. The highest BCUT2D eigenvalue weighted by molar-refractivity contribution is 6.33. The Balaban J connectivity index is 1.39. The zero-order valence-corrected chi connectivity index (χ0v) is 19.7. The van der Waals surface area contributed by atoms with Crippen LogP contribution in [0.2, 0.25) is 5.02 Å². The Hall–Kier alpha value is -1.89. The summed E-state index contributed by atoms with van der Waals surface area (Å²) >= 11 is 6.43. The maximum absolute atomic E-state index is 14.7. The number of halogens is 2. The number of benzene rings is 1. The van der Waals surface area contributed by atoms with E-state index in [0.29, 0.717) is 34.3 Å². The molecule has 3 N–H and O–H groups in total. The third-order valence-electron chi connectivity index (χ3n) is 6.42. The van der Waals surface area contributed by atoms with Crippen LogP contribution in [0.25, 0.3) is 11.1 Å². The van der Waals surface area contributed by atoms with Gasteiger partial charge >= 0.3 is 0 Å². The van der Waals surface area contributed by atoms with Crippen molar-refractivity contribution in [2.75, 3.05) is 30.9 Å². The molecule has 2 aliphatic carbocycles. The summed E-state index contributed by atoms with van der Waals surface area (Å²) < 4.78 is 19.9. The molecule has 0 spiro atoms. The van der Waals surface area contributed by atoms with Crippen LogP contribution >= 0.6 is 11.6 Å². The lowest BCUT2D eigenvalue weighted by atomic mass is 9.90. The molecule has 1 aromatic heterocycles. The fraction of sp³-hybridized carbons (Fsp3) is 0.560. The van der Waals surface area contributed by atoms with Crippen LogP contribution in [-0.4, -0.2) is 43.4 Å². The van der Waals surface area contributed by atoms with Gasteiger partial charge in [-0.15, -0.1) is 0 Å². The second kappa shape index (κ2) is 10.8. The van der Waals surface area contributed by atoms with E-state index in [1.807, 2.05) is 12.1 Å². The molecular formula is C25H34ClFN4O. The molecule has 0 radical (unpaired) electrons. The van der Waals surface area contributed by atoms with Crippen molar-refractivity contribution in [3.63, 3.8) is 0 Å². The van der Waals surface area contributed by atoms with Crippen molar-refractivity contribution in [1.82, 2.24) is 10.3 Å². The summed E-state index contributed by atoms with van der Waals surface area (Å²) in [6, 6.07) is 8.25. The number of nitrogens with zero attached hydrogens (tertiary/aromatic N) is 1. The highest BCUT2D eigenvalue weighted by atomic mass is 35.5. The van der Waals surface area contributed by atoms with Gasteiger partial charge in [0.15, 0.2) is 0 Å². The van der Waals surface area contributed by atoms with Gasteiger partial charge in [0.05, 0.1) is 11.6 Å². The molecule has 32 heavy (non-hydrogen) atoms. The van der Waals surface area contributed by atoms with E-state index in [0.717, 1.165) is 56.3 Å². The molecule has 0 saturated heterocycles. The van der Waals surface area contributed by atoms with Gasteiger partial charge in [-0.3, -0.25) is 0 Å². The SMILES string of the molecule is COC[C@@H](C)NC1CCC(Nc2cc(-c3cc(NCC4CC4)ccc3F)c(Cl)cn2)CC1. The average molecular weight is 461 g/mol. The predicted octanol–water partition coefficient (Wildman–Crippen LogP) is 5.71. The summed E-state index contributed by atoms with van der Waals surface area (Å²) in [5.41, 5.74) is 2.09. The van der Waals surface area contributed by atoms with E-state index >= 15 is 0 Å². The van der Waals surface area contributed by atoms with Crippen molar-refractivity contribution in [2.45, 2.75) is 63.6 Å². The molecule has 2 saturated carbocycles. The maximum atomic E-state index is 14.7. The van der Waals surface area contributed by atoms with E-state index in [1.165, 1.54) is 18.9 Å². The number of ether oxygens (including phenoxy) is 1. The van der Waals surface area contributed by atoms with Crippen LogP contribution in [0.3, 0.4) is 0 Å². The van der Waals surface area contributed by atoms with Gasteiger partial charge in [0, 0.05) is 54.8 Å². The van der Waals surface area contributed by atoms with Crippen molar-refractivity contribution in [1.29, 1.82) is 0 Å². The fourth-order valence-corrected chi connectivity index (χ4v) is 4.67. The normalized spacial score (nSPS) is 21.9. The number of anilines is 2. The van der Waals surface area contributed by atoms with Crippen LogP contribution < -0.4 is 16.0 Å². The molecule has 0 unspecified atom stereocenters. The number of nitrogens with one attached hydrogen (secondary N) is 3. The first-order valence-electron chi connectivity index (χ1n) is 11.7. The lowest BCUT2D eigenvalue weighted by Crippen LogP contribution is -2.42. The third kappa shape index (κ3) is 6.33. The first-order valence-corrected chi connectivity index (χ1v) is 12.1. The number of aromatic nitrogens is 1. The van der Waals surface area contributed by atoms with Gasteiger partial charge in [-0.1, -0.05) is 11.6 Å². The Kier molecular flexibility index (Phi) is 7.87. The summed E-state index contributed by atoms with van der Waals surface area (Å²) in [5.74, 6) is 1.21. The highest BCUT2D eigenvalue weighted by Crippen LogP contribution is 2.34. The molecule has 0 amide bonds. The van der Waals surface area contributed by atoms with Gasteiger partial charge in [-0.2, -0.15) is 0 Å². The fourth-order valence-electron chi connectivity index (χ4n) is 4.46. The van der Waals surface area contributed by atoms with E-state index in [1.54, 1.807) is 19.4 Å². The summed E-state index contributed by atoms with van der Waals surface area (Å²) in [4.78, 5) is 4.46. The predicted molar refractivity (Wildman–Crippen MR) is 130 cm³/mol. The highest BCUT2D eigenvalue weighted by Gasteiger charge is 2.23. The first-order chi connectivity index (χ1) is 15.5. The van der Waals surface area contributed by atoms with Crippen molar-refractivity contribution in [3.05, 3.63) is 41.3 Å². The standard InChI is InChI=1S/C25H34ClFN4O/c1-16(15-32-2)30-18-5-7-19(8-6-18)31-25-12-21(23(26)14-29-25)22-11-20(9-10-24(22)27)28-13-17-3-4-17/h9-12,14,16-19,28,30H,3-8,13,15H2,1-2H3,(H,29,31)/t16-,18?,19?/m1/s1. The van der Waals surface area contributed by atoms with Crippen LogP contribution in [0, 0.1) is 11.7 Å². The molecule has 2 aliphatic rings. The Labute approximate surface area is 195 Å². The monoisotopic (exact) mass is 460 g/mol. The second-order valence-electron chi connectivity index (χ2n) is 9.28. The van der Waals surface area contributed by atoms with Crippen LogP contribution in [0.1, 0.15) is 45.4 Å². The van der Waals surface area contributed by atoms with Gasteiger partial charge in [0.1, 0.15) is 11.6 Å². The molecule has 0 aliphatic heterocycles. The van der Waals surface area contributed by atoms with Crippen molar-refractivity contribution in [3.8, 4) is 11.1 Å². The summed E-state index contributed by atoms with van der Waals surface area (Å²) in [6.07, 6.45) is 8.50. The van der Waals surface area contributed by atoms with E-state index < -0.39 is 0 Å². The zero-order chi connectivity index (χ0) is 22.5. The molecule has 0 bridgehead atoms. The Morgan fingerprint density at radius 1 is 1.09 bits per heavy atom. The number of pyridine rings is 1. The van der Waals surface area contributed by atoms with Crippen molar-refractivity contribution in [2.24, 2.45) is 5.92 Å². The molecule has 174 valence electrons. The van der Waals surface area contributed by atoms with E-state index in [4.69, 9.17) is 16.3 Å². The number of rotatable bonds is 10. The number of methoxy groups -OCH3 is 1. The Morgan fingerprint density at radius 3 is 2.56 bits per heavy atom. The van der Waals surface area contributed by atoms with Crippen LogP contribution in [0.5, 0.6) is 0 Å². The maximum Gasteiger partial charge on any atom is 0.131 e. The molecular weight excluding hydrogens is 427 g/mol. The minimum absolute atomic E-state index is 0.280. The van der Waals surface area contributed by atoms with E-state index in [9.17, 15) is 4.39 Å². The van der Waals surface area contributed by atoms with Gasteiger partial charge in [0.2, 0.25) is 0 Å². The Morgan fingerprint density at radius 2 is 1.84 bits per heavy atom. The molecule has 1 heterocycles. The lowest BCUT2D eigenvalue weighted by Gasteiger charge is -2.32. The van der Waals surface area contributed by atoms with Crippen molar-refractivity contribution < 1.29 is 9.13 Å². The van der Waals surface area contributed by atoms with Gasteiger partial charge in [-0.25, -0.2) is 9.37 Å². The summed E-state index contributed by atoms with van der Waals surface area (Å²) in [7, 11) is 1.74. The number of hydrogen-bond acceptors (Lipinski definition) is 5. The zero-order valence-electron chi connectivity index (χ0n) is 19.0. The minimum atomic E-state index is -0.280. The van der Waals surface area contributed by atoms with Gasteiger partial charge in [0.25, 0.3) is 0 Å². The van der Waals surface area contributed by atoms with Crippen LogP contribution in [-0.2, 0) is 4.74 Å². The molecule has 1 aromatic carbocycles. The average Bonchev–Trinajstić information content (AvgIpc) is 3.61. The Bertz CT molecular complexity index is 900. The smallest absolute Gasteiger partial charge is 0.131 e. The largest absolute Gasteiger partial charge is 0.385 e. The van der Waals surface area contributed by atoms with Gasteiger partial charge < -0.3 is 20.7 Å². The minimum Gasteiger partial charge on any atom is -0.385 e.